The van der Waals surface area contributed by atoms with E-state index in [0.29, 0.717) is 6.04 Å². The average Bonchev–Trinajstić information content (AvgIpc) is 2.35. The van der Waals surface area contributed by atoms with Crippen LogP contribution in [0.25, 0.3) is 0 Å². The summed E-state index contributed by atoms with van der Waals surface area (Å²) >= 11 is 0. The predicted octanol–water partition coefficient (Wildman–Crippen LogP) is 4.85. The molecule has 0 saturated heterocycles. The van der Waals surface area contributed by atoms with Crippen LogP contribution in [-0.2, 0) is 0 Å². The topological polar surface area (TPSA) is 24.4 Å². The van der Waals surface area contributed by atoms with E-state index in [1.54, 1.807) is 0 Å². The van der Waals surface area contributed by atoms with Gasteiger partial charge < -0.3 is 5.32 Å². The summed E-state index contributed by atoms with van der Waals surface area (Å²) in [6, 6.07) is 0.694. The third-order valence-electron chi connectivity index (χ3n) is 3.53. The van der Waals surface area contributed by atoms with Gasteiger partial charge in [-0.3, -0.25) is 4.99 Å². The van der Waals surface area contributed by atoms with Crippen molar-refractivity contribution in [3.05, 3.63) is 11.8 Å². The molecular formula is C17H32N2. The molecule has 0 aliphatic heterocycles. The molecule has 2 nitrogen and oxygen atoms in total. The second-order valence-corrected chi connectivity index (χ2v) is 6.72. The number of hydrogen-bond acceptors (Lipinski definition) is 2. The molecule has 0 atom stereocenters. The van der Waals surface area contributed by atoms with E-state index in [2.05, 4.69) is 44.1 Å². The van der Waals surface area contributed by atoms with Gasteiger partial charge in [-0.15, -0.1) is 0 Å². The van der Waals surface area contributed by atoms with Gasteiger partial charge in [0.25, 0.3) is 0 Å². The molecule has 1 rings (SSSR count). The van der Waals surface area contributed by atoms with E-state index in [-0.39, 0.29) is 5.54 Å². The van der Waals surface area contributed by atoms with E-state index < -0.39 is 0 Å². The first kappa shape index (κ1) is 16.3. The Hall–Kier alpha value is -0.790. The molecular weight excluding hydrogens is 232 g/mol. The molecule has 0 bridgehead atoms. The Bertz CT molecular complexity index is 291. The van der Waals surface area contributed by atoms with Crippen LogP contribution in [0.3, 0.4) is 0 Å². The van der Waals surface area contributed by atoms with Gasteiger partial charge in [0.15, 0.2) is 0 Å². The number of hydrogen-bond donors (Lipinski definition) is 1. The molecule has 0 heterocycles. The molecule has 0 spiro atoms. The number of rotatable bonds is 6. The zero-order valence-corrected chi connectivity index (χ0v) is 13.3. The van der Waals surface area contributed by atoms with Crippen LogP contribution in [0.1, 0.15) is 79.1 Å². The fourth-order valence-corrected chi connectivity index (χ4v) is 2.43. The Kier molecular flexibility index (Phi) is 7.19. The molecule has 1 aliphatic rings. The van der Waals surface area contributed by atoms with Crippen LogP contribution in [0.5, 0.6) is 0 Å². The van der Waals surface area contributed by atoms with Crippen molar-refractivity contribution in [2.75, 3.05) is 0 Å². The molecule has 0 aromatic rings. The van der Waals surface area contributed by atoms with E-state index in [9.17, 15) is 0 Å². The highest BCUT2D eigenvalue weighted by molar-refractivity contribution is 5.72. The van der Waals surface area contributed by atoms with Gasteiger partial charge in [-0.1, -0.05) is 32.6 Å². The van der Waals surface area contributed by atoms with E-state index in [1.165, 1.54) is 50.6 Å². The van der Waals surface area contributed by atoms with Crippen LogP contribution in [0, 0.1) is 0 Å². The molecule has 1 fully saturated rings. The fourth-order valence-electron chi connectivity index (χ4n) is 2.43. The summed E-state index contributed by atoms with van der Waals surface area (Å²) in [4.78, 5) is 4.56. The summed E-state index contributed by atoms with van der Waals surface area (Å²) in [5, 5.41) is 3.75. The lowest BCUT2D eigenvalue weighted by molar-refractivity contribution is 0.392. The Morgan fingerprint density at radius 1 is 1.21 bits per heavy atom. The van der Waals surface area contributed by atoms with Crippen LogP contribution < -0.4 is 5.32 Å². The molecule has 19 heavy (non-hydrogen) atoms. The smallest absolute Gasteiger partial charge is 0.0524 e. The van der Waals surface area contributed by atoms with Crippen LogP contribution in [0.2, 0.25) is 0 Å². The lowest BCUT2D eigenvalue weighted by Crippen LogP contribution is -2.30. The minimum Gasteiger partial charge on any atom is -0.386 e. The molecule has 110 valence electrons. The van der Waals surface area contributed by atoms with Crippen molar-refractivity contribution in [1.29, 1.82) is 0 Å². The van der Waals surface area contributed by atoms with E-state index in [4.69, 9.17) is 0 Å². The van der Waals surface area contributed by atoms with Crippen molar-refractivity contribution in [3.63, 3.8) is 0 Å². The molecule has 0 radical (unpaired) electrons. The van der Waals surface area contributed by atoms with Crippen molar-refractivity contribution in [3.8, 4) is 0 Å². The average molecular weight is 264 g/mol. The molecule has 1 aliphatic carbocycles. The van der Waals surface area contributed by atoms with Crippen molar-refractivity contribution < 1.29 is 0 Å². The van der Waals surface area contributed by atoms with E-state index in [1.807, 2.05) is 6.21 Å². The molecule has 1 saturated carbocycles. The van der Waals surface area contributed by atoms with Crippen molar-refractivity contribution >= 4 is 6.21 Å². The second kappa shape index (κ2) is 8.39. The predicted molar refractivity (Wildman–Crippen MR) is 85.9 cm³/mol. The first-order chi connectivity index (χ1) is 9.01. The third kappa shape index (κ3) is 8.07. The van der Waals surface area contributed by atoms with Crippen LogP contribution >= 0.6 is 0 Å². The van der Waals surface area contributed by atoms with Gasteiger partial charge >= 0.3 is 0 Å². The monoisotopic (exact) mass is 264 g/mol. The van der Waals surface area contributed by atoms with Crippen molar-refractivity contribution in [2.45, 2.75) is 90.6 Å². The SMILES string of the molecule is CCCC/C(=C\C=NC(C)(C)C)NC1CCCCC1. The zero-order chi connectivity index (χ0) is 14.1. The van der Waals surface area contributed by atoms with E-state index in [0.717, 1.165) is 6.42 Å². The quantitative estimate of drug-likeness (QED) is 0.681. The largest absolute Gasteiger partial charge is 0.386 e. The maximum Gasteiger partial charge on any atom is 0.0524 e. The second-order valence-electron chi connectivity index (χ2n) is 6.72. The summed E-state index contributed by atoms with van der Waals surface area (Å²) < 4.78 is 0. The van der Waals surface area contributed by atoms with Gasteiger partial charge in [0.1, 0.15) is 0 Å². The van der Waals surface area contributed by atoms with Crippen molar-refractivity contribution in [2.24, 2.45) is 4.99 Å². The highest BCUT2D eigenvalue weighted by Crippen LogP contribution is 2.19. The Morgan fingerprint density at radius 2 is 1.89 bits per heavy atom. The van der Waals surface area contributed by atoms with Gasteiger partial charge in [-0.25, -0.2) is 0 Å². The van der Waals surface area contributed by atoms with Gasteiger partial charge in [0.2, 0.25) is 0 Å². The Labute approximate surface area is 119 Å². The van der Waals surface area contributed by atoms with Gasteiger partial charge in [-0.2, -0.15) is 0 Å². The summed E-state index contributed by atoms with van der Waals surface area (Å²) in [6.45, 7) is 8.66. The summed E-state index contributed by atoms with van der Waals surface area (Å²) in [7, 11) is 0. The highest BCUT2D eigenvalue weighted by Gasteiger charge is 2.13. The molecule has 2 heteroatoms. The Balaban J connectivity index is 2.54. The first-order valence-electron chi connectivity index (χ1n) is 8.02. The first-order valence-corrected chi connectivity index (χ1v) is 8.02. The number of nitrogens with zero attached hydrogens (tertiary/aromatic N) is 1. The number of allylic oxidation sites excluding steroid dienone is 2. The fraction of sp³-hybridized carbons (Fsp3) is 0.824. The lowest BCUT2D eigenvalue weighted by atomic mass is 9.95. The summed E-state index contributed by atoms with van der Waals surface area (Å²) in [6.07, 6.45) is 14.7. The lowest BCUT2D eigenvalue weighted by Gasteiger charge is -2.25. The zero-order valence-electron chi connectivity index (χ0n) is 13.3. The van der Waals surface area contributed by atoms with Gasteiger partial charge in [0, 0.05) is 18.0 Å². The number of aliphatic imine (C=N–C) groups is 1. The van der Waals surface area contributed by atoms with Gasteiger partial charge in [-0.05, 0) is 52.5 Å². The molecule has 0 aromatic carbocycles. The third-order valence-corrected chi connectivity index (χ3v) is 3.53. The summed E-state index contributed by atoms with van der Waals surface area (Å²) in [5.41, 5.74) is 1.40. The maximum absolute atomic E-state index is 4.56. The molecule has 0 aromatic heterocycles. The molecule has 0 unspecified atom stereocenters. The number of nitrogens with one attached hydrogen (secondary N) is 1. The minimum absolute atomic E-state index is 0.0250. The minimum atomic E-state index is 0.0250. The molecule has 1 N–H and O–H groups in total. The standard InChI is InChI=1S/C17H32N2/c1-5-6-10-16(13-14-18-17(2,3)4)19-15-11-8-7-9-12-15/h13-15,19H,5-12H2,1-4H3/b16-13+,18-14?. The van der Waals surface area contributed by atoms with Crippen LogP contribution in [-0.4, -0.2) is 17.8 Å². The van der Waals surface area contributed by atoms with Crippen molar-refractivity contribution in [1.82, 2.24) is 5.32 Å². The van der Waals surface area contributed by atoms with Gasteiger partial charge in [0.05, 0.1) is 5.54 Å². The maximum atomic E-state index is 4.56. The number of unbranched alkanes of at least 4 members (excludes halogenated alkanes) is 1. The van der Waals surface area contributed by atoms with E-state index >= 15 is 0 Å². The van der Waals surface area contributed by atoms with Crippen LogP contribution in [0.15, 0.2) is 16.8 Å². The Morgan fingerprint density at radius 3 is 2.47 bits per heavy atom. The highest BCUT2D eigenvalue weighted by atomic mass is 14.9. The van der Waals surface area contributed by atoms with Crippen LogP contribution in [0.4, 0.5) is 0 Å². The summed E-state index contributed by atoms with van der Waals surface area (Å²) in [5.74, 6) is 0. The molecule has 0 amide bonds. The normalized spacial score (nSPS) is 19.1.